The summed E-state index contributed by atoms with van der Waals surface area (Å²) in [5, 5.41) is 3.72. The van der Waals surface area contributed by atoms with Crippen molar-refractivity contribution in [2.75, 3.05) is 13.1 Å². The van der Waals surface area contributed by atoms with Gasteiger partial charge in [-0.1, -0.05) is 67.2 Å². The molecule has 0 saturated heterocycles. The minimum atomic E-state index is 0.555. The van der Waals surface area contributed by atoms with Gasteiger partial charge in [0.1, 0.15) is 0 Å². The predicted molar refractivity (Wildman–Crippen MR) is 88.6 cm³/mol. The molecule has 0 radical (unpaired) electrons. The summed E-state index contributed by atoms with van der Waals surface area (Å²) in [5.74, 6) is 1.61. The Morgan fingerprint density at radius 1 is 0.895 bits per heavy atom. The van der Waals surface area contributed by atoms with Crippen molar-refractivity contribution in [3.05, 3.63) is 0 Å². The molecule has 1 nitrogen and oxygen atoms in total. The quantitative estimate of drug-likeness (QED) is 0.483. The van der Waals surface area contributed by atoms with Crippen LogP contribution in [-0.2, 0) is 0 Å². The first-order chi connectivity index (χ1) is 8.95. The second-order valence-corrected chi connectivity index (χ2v) is 7.27. The summed E-state index contributed by atoms with van der Waals surface area (Å²) in [6.07, 6.45) is 9.65. The van der Waals surface area contributed by atoms with E-state index in [-0.39, 0.29) is 0 Å². The number of hydrogen-bond donors (Lipinski definition) is 1. The lowest BCUT2D eigenvalue weighted by Crippen LogP contribution is -2.36. The Labute approximate surface area is 122 Å². The maximum Gasteiger partial charge on any atom is 0.000781 e. The molecule has 1 atom stereocenters. The largest absolute Gasteiger partial charge is 0.316 e. The van der Waals surface area contributed by atoms with Crippen LogP contribution in [0.1, 0.15) is 86.5 Å². The molecule has 1 heteroatoms. The van der Waals surface area contributed by atoms with E-state index < -0.39 is 0 Å². The third-order valence-electron chi connectivity index (χ3n) is 4.35. The van der Waals surface area contributed by atoms with Gasteiger partial charge in [-0.2, -0.15) is 0 Å². The third kappa shape index (κ3) is 9.49. The SMILES string of the molecule is CCCCC(CC)(CCCC(C)C)CNCC(C)C. The summed E-state index contributed by atoms with van der Waals surface area (Å²) in [6, 6.07) is 0. The fraction of sp³-hybridized carbons (Fsp3) is 1.00. The maximum atomic E-state index is 3.72. The molecule has 0 rings (SSSR count). The van der Waals surface area contributed by atoms with Crippen molar-refractivity contribution in [2.24, 2.45) is 17.3 Å². The first-order valence-corrected chi connectivity index (χ1v) is 8.66. The van der Waals surface area contributed by atoms with Gasteiger partial charge in [0, 0.05) is 6.54 Å². The zero-order valence-electron chi connectivity index (χ0n) is 14.5. The van der Waals surface area contributed by atoms with Gasteiger partial charge in [0.25, 0.3) is 0 Å². The van der Waals surface area contributed by atoms with Gasteiger partial charge in [-0.25, -0.2) is 0 Å². The first kappa shape index (κ1) is 19.0. The minimum absolute atomic E-state index is 0.555. The first-order valence-electron chi connectivity index (χ1n) is 8.66. The lowest BCUT2D eigenvalue weighted by atomic mass is 9.75. The Morgan fingerprint density at radius 3 is 2.00 bits per heavy atom. The predicted octanol–water partition coefficient (Wildman–Crippen LogP) is 5.64. The molecule has 0 aromatic rings. The number of hydrogen-bond acceptors (Lipinski definition) is 1. The van der Waals surface area contributed by atoms with Gasteiger partial charge in [0.05, 0.1) is 0 Å². The van der Waals surface area contributed by atoms with E-state index in [2.05, 4.69) is 46.9 Å². The number of rotatable bonds is 12. The van der Waals surface area contributed by atoms with Gasteiger partial charge in [-0.05, 0) is 43.1 Å². The van der Waals surface area contributed by atoms with Crippen LogP contribution in [0.25, 0.3) is 0 Å². The van der Waals surface area contributed by atoms with E-state index in [1.165, 1.54) is 51.5 Å². The standard InChI is InChI=1S/C18H39N/c1-7-9-12-18(8-2,13-10-11-16(3)4)15-19-14-17(5)6/h16-17,19H,7-15H2,1-6H3. The summed E-state index contributed by atoms with van der Waals surface area (Å²) in [5.41, 5.74) is 0.555. The molecular formula is C18H39N. The molecule has 0 saturated carbocycles. The van der Waals surface area contributed by atoms with Crippen LogP contribution in [-0.4, -0.2) is 13.1 Å². The summed E-state index contributed by atoms with van der Waals surface area (Å²) < 4.78 is 0. The fourth-order valence-corrected chi connectivity index (χ4v) is 2.84. The Bertz CT molecular complexity index is 182. The molecule has 116 valence electrons. The highest BCUT2D eigenvalue weighted by Crippen LogP contribution is 2.34. The van der Waals surface area contributed by atoms with E-state index in [0.717, 1.165) is 18.4 Å². The smallest absolute Gasteiger partial charge is 0.000781 e. The molecule has 0 aliphatic heterocycles. The molecule has 0 aliphatic carbocycles. The van der Waals surface area contributed by atoms with Crippen LogP contribution in [0.15, 0.2) is 0 Å². The summed E-state index contributed by atoms with van der Waals surface area (Å²) in [7, 11) is 0. The molecule has 0 bridgehead atoms. The molecule has 1 N–H and O–H groups in total. The van der Waals surface area contributed by atoms with E-state index in [1.54, 1.807) is 0 Å². The molecule has 1 unspecified atom stereocenters. The van der Waals surface area contributed by atoms with Crippen LogP contribution in [0.4, 0.5) is 0 Å². The summed E-state index contributed by atoms with van der Waals surface area (Å²) in [6.45, 7) is 16.4. The van der Waals surface area contributed by atoms with Crippen LogP contribution in [0, 0.1) is 17.3 Å². The third-order valence-corrected chi connectivity index (χ3v) is 4.35. The molecule has 0 aliphatic rings. The molecule has 19 heavy (non-hydrogen) atoms. The lowest BCUT2D eigenvalue weighted by Gasteiger charge is -2.34. The second-order valence-electron chi connectivity index (χ2n) is 7.27. The molecular weight excluding hydrogens is 230 g/mol. The highest BCUT2D eigenvalue weighted by atomic mass is 14.9. The molecule has 0 aromatic heterocycles. The van der Waals surface area contributed by atoms with Crippen LogP contribution in [0.2, 0.25) is 0 Å². The van der Waals surface area contributed by atoms with Crippen molar-refractivity contribution in [1.29, 1.82) is 0 Å². The molecule has 0 heterocycles. The highest BCUT2D eigenvalue weighted by molar-refractivity contribution is 4.81. The number of nitrogens with one attached hydrogen (secondary N) is 1. The van der Waals surface area contributed by atoms with Crippen molar-refractivity contribution in [3.63, 3.8) is 0 Å². The molecule has 0 spiro atoms. The van der Waals surface area contributed by atoms with Gasteiger partial charge in [-0.3, -0.25) is 0 Å². The topological polar surface area (TPSA) is 12.0 Å². The summed E-state index contributed by atoms with van der Waals surface area (Å²) >= 11 is 0. The lowest BCUT2D eigenvalue weighted by molar-refractivity contribution is 0.200. The monoisotopic (exact) mass is 269 g/mol. The van der Waals surface area contributed by atoms with E-state index in [1.807, 2.05) is 0 Å². The van der Waals surface area contributed by atoms with E-state index in [4.69, 9.17) is 0 Å². The average Bonchev–Trinajstić information content (AvgIpc) is 2.34. The summed E-state index contributed by atoms with van der Waals surface area (Å²) in [4.78, 5) is 0. The Morgan fingerprint density at radius 2 is 1.53 bits per heavy atom. The van der Waals surface area contributed by atoms with Gasteiger partial charge in [0.2, 0.25) is 0 Å². The van der Waals surface area contributed by atoms with E-state index in [0.29, 0.717) is 5.41 Å². The van der Waals surface area contributed by atoms with Crippen molar-refractivity contribution in [3.8, 4) is 0 Å². The van der Waals surface area contributed by atoms with E-state index >= 15 is 0 Å². The molecule has 0 fully saturated rings. The van der Waals surface area contributed by atoms with Crippen molar-refractivity contribution in [2.45, 2.75) is 86.5 Å². The van der Waals surface area contributed by atoms with Gasteiger partial charge in [-0.15, -0.1) is 0 Å². The average molecular weight is 270 g/mol. The maximum absolute atomic E-state index is 3.72. The van der Waals surface area contributed by atoms with Gasteiger partial charge in [0.15, 0.2) is 0 Å². The molecule has 0 amide bonds. The van der Waals surface area contributed by atoms with Crippen LogP contribution < -0.4 is 5.32 Å². The second kappa shape index (κ2) is 10.7. The van der Waals surface area contributed by atoms with Crippen LogP contribution >= 0.6 is 0 Å². The normalized spacial score (nSPS) is 15.2. The van der Waals surface area contributed by atoms with E-state index in [9.17, 15) is 0 Å². The van der Waals surface area contributed by atoms with Crippen LogP contribution in [0.5, 0.6) is 0 Å². The Kier molecular flexibility index (Phi) is 10.7. The zero-order chi connectivity index (χ0) is 14.7. The van der Waals surface area contributed by atoms with Gasteiger partial charge >= 0.3 is 0 Å². The fourth-order valence-electron chi connectivity index (χ4n) is 2.84. The van der Waals surface area contributed by atoms with Crippen molar-refractivity contribution < 1.29 is 0 Å². The number of unbranched alkanes of at least 4 members (excludes halogenated alkanes) is 1. The zero-order valence-corrected chi connectivity index (χ0v) is 14.5. The Hall–Kier alpha value is -0.0400. The van der Waals surface area contributed by atoms with Gasteiger partial charge < -0.3 is 5.32 Å². The van der Waals surface area contributed by atoms with Crippen molar-refractivity contribution >= 4 is 0 Å². The van der Waals surface area contributed by atoms with Crippen molar-refractivity contribution in [1.82, 2.24) is 5.32 Å². The molecule has 0 aromatic carbocycles. The minimum Gasteiger partial charge on any atom is -0.316 e. The van der Waals surface area contributed by atoms with Crippen LogP contribution in [0.3, 0.4) is 0 Å². The Balaban J connectivity index is 4.31. The highest BCUT2D eigenvalue weighted by Gasteiger charge is 2.26.